The van der Waals surface area contributed by atoms with Crippen LogP contribution in [0.3, 0.4) is 0 Å². The van der Waals surface area contributed by atoms with Crippen molar-refractivity contribution in [2.75, 3.05) is 23.7 Å². The summed E-state index contributed by atoms with van der Waals surface area (Å²) in [5.41, 5.74) is 0.720. The number of hydrogen-bond donors (Lipinski definition) is 0. The zero-order chi connectivity index (χ0) is 33.6. The average molecular weight is 688 g/mol. The standard InChI is InChI=1S/C32H35ClFN5O5S2/c1-6-8-12-22-13-9-10-15-26(22)39-31-23(17-24(33)30(35-31)29-25(34)14-11-16-27(29)45(5,41)42)32(36-46(39,43)44)38-19-20(3)37(18-21(38)4)28(40)7-2/h7,9-11,13-17,20-21H,2,6,8,12,18-19H2,1,3-5H3/t20-,21+/m1/s1. The number of pyridine rings is 1. The van der Waals surface area contributed by atoms with E-state index >= 15 is 4.39 Å². The van der Waals surface area contributed by atoms with E-state index in [4.69, 9.17) is 11.6 Å². The Morgan fingerprint density at radius 3 is 2.52 bits per heavy atom. The molecule has 3 aromatic rings. The molecule has 0 radical (unpaired) electrons. The molecule has 2 aromatic carbocycles. The predicted molar refractivity (Wildman–Crippen MR) is 178 cm³/mol. The minimum Gasteiger partial charge on any atom is -0.349 e. The number of fused-ring (bicyclic) bond motifs is 1. The normalized spacial score (nSPS) is 19.4. The number of piperazine rings is 1. The molecule has 10 nitrogen and oxygen atoms in total. The molecule has 2 aliphatic heterocycles. The number of carbonyl (C=O) groups is 1. The molecular formula is C32H35ClFN5O5S2. The van der Waals surface area contributed by atoms with Gasteiger partial charge in [0.2, 0.25) is 5.91 Å². The van der Waals surface area contributed by atoms with E-state index < -0.39 is 25.9 Å². The van der Waals surface area contributed by atoms with Gasteiger partial charge in [0.1, 0.15) is 5.82 Å². The second-order valence-electron chi connectivity index (χ2n) is 11.5. The van der Waals surface area contributed by atoms with Gasteiger partial charge in [0.05, 0.1) is 32.4 Å². The van der Waals surface area contributed by atoms with Crippen LogP contribution in [-0.4, -0.2) is 74.8 Å². The number of carbonyl (C=O) groups excluding carboxylic acids is 1. The summed E-state index contributed by atoms with van der Waals surface area (Å²) in [6.07, 6.45) is 4.42. The second kappa shape index (κ2) is 12.8. The maximum absolute atomic E-state index is 15.5. The summed E-state index contributed by atoms with van der Waals surface area (Å²) in [4.78, 5) is 20.3. The number of nitrogens with zero attached hydrogens (tertiary/aromatic N) is 5. The summed E-state index contributed by atoms with van der Waals surface area (Å²) < 4.78 is 74.8. The highest BCUT2D eigenvalue weighted by atomic mass is 35.5. The van der Waals surface area contributed by atoms with E-state index in [0.717, 1.165) is 35.0 Å². The van der Waals surface area contributed by atoms with Crippen molar-refractivity contribution in [3.05, 3.63) is 83.2 Å². The summed E-state index contributed by atoms with van der Waals surface area (Å²) in [6.45, 7) is 9.82. The number of aromatic nitrogens is 1. The number of anilines is 2. The van der Waals surface area contributed by atoms with Crippen molar-refractivity contribution >= 4 is 54.9 Å². The van der Waals surface area contributed by atoms with Crippen LogP contribution in [0.1, 0.15) is 44.7 Å². The van der Waals surface area contributed by atoms with E-state index in [1.54, 1.807) is 21.9 Å². The van der Waals surface area contributed by atoms with Gasteiger partial charge in [-0.2, -0.15) is 8.42 Å². The Morgan fingerprint density at radius 1 is 1.13 bits per heavy atom. The number of sulfone groups is 1. The van der Waals surface area contributed by atoms with Gasteiger partial charge in [0.15, 0.2) is 21.5 Å². The van der Waals surface area contributed by atoms with Crippen LogP contribution in [0.25, 0.3) is 11.3 Å². The van der Waals surface area contributed by atoms with Gasteiger partial charge in [-0.3, -0.25) is 4.79 Å². The van der Waals surface area contributed by atoms with Crippen LogP contribution in [0.15, 0.2) is 70.5 Å². The first-order chi connectivity index (χ1) is 21.7. The minimum absolute atomic E-state index is 0.0696. The maximum Gasteiger partial charge on any atom is 0.352 e. The zero-order valence-electron chi connectivity index (χ0n) is 25.9. The van der Waals surface area contributed by atoms with Crippen molar-refractivity contribution in [2.45, 2.75) is 57.0 Å². The number of aryl methyl sites for hydroxylation is 1. The number of halogens is 2. The fourth-order valence-electron chi connectivity index (χ4n) is 5.90. The Balaban J connectivity index is 1.79. The number of unbranched alkanes of at least 4 members (excludes halogenated alkanes) is 1. The molecule has 0 aliphatic carbocycles. The molecular weight excluding hydrogens is 653 g/mol. The number of amidine groups is 1. The molecule has 1 fully saturated rings. The molecule has 46 heavy (non-hydrogen) atoms. The lowest BCUT2D eigenvalue weighted by Gasteiger charge is -2.46. The predicted octanol–water partition coefficient (Wildman–Crippen LogP) is 5.54. The number of hydrogen-bond acceptors (Lipinski definition) is 7. The molecule has 0 N–H and O–H groups in total. The van der Waals surface area contributed by atoms with Gasteiger partial charge >= 0.3 is 10.2 Å². The van der Waals surface area contributed by atoms with Gasteiger partial charge < -0.3 is 9.80 Å². The van der Waals surface area contributed by atoms with Crippen molar-refractivity contribution in [3.8, 4) is 11.3 Å². The van der Waals surface area contributed by atoms with Crippen LogP contribution in [0.2, 0.25) is 5.02 Å². The van der Waals surface area contributed by atoms with Gasteiger partial charge in [-0.15, -0.1) is 4.40 Å². The molecule has 1 saturated heterocycles. The molecule has 0 unspecified atom stereocenters. The van der Waals surface area contributed by atoms with Crippen LogP contribution in [0.4, 0.5) is 15.9 Å². The summed E-state index contributed by atoms with van der Waals surface area (Å²) >= 11 is 6.78. The van der Waals surface area contributed by atoms with Crippen molar-refractivity contribution in [1.82, 2.24) is 14.8 Å². The van der Waals surface area contributed by atoms with Crippen molar-refractivity contribution in [3.63, 3.8) is 0 Å². The first kappa shape index (κ1) is 33.6. The Hall–Kier alpha value is -3.81. The average Bonchev–Trinajstić information content (AvgIpc) is 3.00. The van der Waals surface area contributed by atoms with E-state index in [1.807, 2.05) is 32.9 Å². The third kappa shape index (κ3) is 6.15. The SMILES string of the molecule is C=CC(=O)N1C[C@H](C)N(C2=NS(=O)(=O)N(c3ccccc3CCCC)c3nc(-c4c(F)cccc4S(C)(=O)=O)c(Cl)cc32)C[C@H]1C. The molecule has 0 saturated carbocycles. The Morgan fingerprint density at radius 2 is 1.85 bits per heavy atom. The maximum atomic E-state index is 15.5. The van der Waals surface area contributed by atoms with E-state index in [-0.39, 0.29) is 69.5 Å². The van der Waals surface area contributed by atoms with Crippen LogP contribution in [0, 0.1) is 5.82 Å². The zero-order valence-corrected chi connectivity index (χ0v) is 28.3. The summed E-state index contributed by atoms with van der Waals surface area (Å²) in [6, 6.07) is 11.4. The quantitative estimate of drug-likeness (QED) is 0.299. The molecule has 0 bridgehead atoms. The third-order valence-corrected chi connectivity index (χ3v) is 10.8. The van der Waals surface area contributed by atoms with Gasteiger partial charge in [-0.05, 0) is 62.6 Å². The molecule has 1 amide bonds. The van der Waals surface area contributed by atoms with Gasteiger partial charge in [-0.25, -0.2) is 22.1 Å². The highest BCUT2D eigenvalue weighted by Crippen LogP contribution is 2.43. The molecule has 2 atom stereocenters. The molecule has 2 aliphatic rings. The first-order valence-electron chi connectivity index (χ1n) is 14.8. The molecule has 3 heterocycles. The van der Waals surface area contributed by atoms with Crippen LogP contribution >= 0.6 is 11.6 Å². The molecule has 14 heteroatoms. The fraction of sp³-hybridized carbons (Fsp3) is 0.344. The van der Waals surface area contributed by atoms with Crippen LogP contribution in [-0.2, 0) is 31.3 Å². The van der Waals surface area contributed by atoms with Crippen molar-refractivity contribution in [1.29, 1.82) is 0 Å². The lowest BCUT2D eigenvalue weighted by molar-refractivity contribution is -0.130. The Labute approximate surface area is 274 Å². The highest BCUT2D eigenvalue weighted by Gasteiger charge is 2.42. The fourth-order valence-corrected chi connectivity index (χ4v) is 8.33. The van der Waals surface area contributed by atoms with E-state index in [1.165, 1.54) is 24.3 Å². The lowest BCUT2D eigenvalue weighted by atomic mass is 10.0. The summed E-state index contributed by atoms with van der Waals surface area (Å²) in [7, 11) is -8.45. The van der Waals surface area contributed by atoms with Gasteiger partial charge in [0, 0.05) is 31.4 Å². The van der Waals surface area contributed by atoms with Gasteiger partial charge in [0.25, 0.3) is 0 Å². The second-order valence-corrected chi connectivity index (χ2v) is 15.3. The van der Waals surface area contributed by atoms with Gasteiger partial charge in [-0.1, -0.05) is 55.8 Å². The number of para-hydroxylation sites is 1. The molecule has 5 rings (SSSR count). The minimum atomic E-state index is -4.51. The summed E-state index contributed by atoms with van der Waals surface area (Å²) in [5.74, 6) is -1.15. The molecule has 244 valence electrons. The Kier molecular flexibility index (Phi) is 9.31. The summed E-state index contributed by atoms with van der Waals surface area (Å²) in [5, 5.41) is -0.0962. The monoisotopic (exact) mass is 687 g/mol. The number of amides is 1. The van der Waals surface area contributed by atoms with Crippen LogP contribution < -0.4 is 4.31 Å². The molecule has 0 spiro atoms. The lowest BCUT2D eigenvalue weighted by Crippen LogP contribution is -2.60. The van der Waals surface area contributed by atoms with Crippen molar-refractivity contribution < 1.29 is 26.0 Å². The first-order valence-corrected chi connectivity index (χ1v) is 18.5. The Bertz CT molecular complexity index is 1970. The van der Waals surface area contributed by atoms with E-state index in [9.17, 15) is 21.6 Å². The van der Waals surface area contributed by atoms with Crippen LogP contribution in [0.5, 0.6) is 0 Å². The third-order valence-electron chi connectivity index (χ3n) is 8.16. The largest absolute Gasteiger partial charge is 0.352 e. The van der Waals surface area contributed by atoms with E-state index in [0.29, 0.717) is 12.1 Å². The topological polar surface area (TPSA) is 120 Å². The number of rotatable bonds is 7. The number of benzene rings is 2. The highest BCUT2D eigenvalue weighted by molar-refractivity contribution is 7.92. The molecule has 1 aromatic heterocycles. The smallest absolute Gasteiger partial charge is 0.349 e. The van der Waals surface area contributed by atoms with E-state index in [2.05, 4.69) is 16.0 Å². The van der Waals surface area contributed by atoms with Crippen molar-refractivity contribution in [2.24, 2.45) is 4.40 Å².